The van der Waals surface area contributed by atoms with E-state index in [1.54, 1.807) is 0 Å². The van der Waals surface area contributed by atoms with Gasteiger partial charge in [0.15, 0.2) is 0 Å². The number of aryl methyl sites for hydroxylation is 1. The Kier molecular flexibility index (Phi) is 3.33. The zero-order valence-electron chi connectivity index (χ0n) is 12.2. The maximum atomic E-state index is 3.91. The predicted octanol–water partition coefficient (Wildman–Crippen LogP) is 5.25. The Morgan fingerprint density at radius 2 is 2.00 bits per heavy atom. The van der Waals surface area contributed by atoms with Crippen molar-refractivity contribution in [3.05, 3.63) is 28.2 Å². The highest BCUT2D eigenvalue weighted by atomic mass is 79.9. The minimum absolute atomic E-state index is 0.742. The molecule has 0 saturated heterocycles. The molecular weight excluding hydrogens is 310 g/mol. The lowest BCUT2D eigenvalue weighted by Gasteiger charge is -2.33. The van der Waals surface area contributed by atoms with Crippen molar-refractivity contribution in [1.29, 1.82) is 0 Å². The Hall–Kier alpha value is -0.500. The van der Waals surface area contributed by atoms with Crippen molar-refractivity contribution < 1.29 is 0 Å². The molecule has 0 aromatic heterocycles. The van der Waals surface area contributed by atoms with Gasteiger partial charge in [-0.05, 0) is 79.5 Å². The van der Waals surface area contributed by atoms with E-state index in [0.717, 1.165) is 36.1 Å². The number of fused-ring (bicyclic) bond motifs is 5. The SMILES string of the molecule is CCc1cc(Br)ccc1NC1CC2CC1C1CCCC21. The zero-order valence-corrected chi connectivity index (χ0v) is 13.8. The van der Waals surface area contributed by atoms with Crippen LogP contribution in [-0.4, -0.2) is 6.04 Å². The van der Waals surface area contributed by atoms with Crippen molar-refractivity contribution in [2.75, 3.05) is 5.32 Å². The lowest BCUT2D eigenvalue weighted by atomic mass is 9.79. The van der Waals surface area contributed by atoms with E-state index < -0.39 is 0 Å². The highest BCUT2D eigenvalue weighted by Crippen LogP contribution is 2.59. The molecule has 1 aromatic rings. The van der Waals surface area contributed by atoms with E-state index >= 15 is 0 Å². The molecular formula is C18H24BrN. The topological polar surface area (TPSA) is 12.0 Å². The number of halogens is 1. The van der Waals surface area contributed by atoms with Crippen LogP contribution >= 0.6 is 15.9 Å². The molecule has 0 aliphatic heterocycles. The summed E-state index contributed by atoms with van der Waals surface area (Å²) >= 11 is 3.59. The third kappa shape index (κ3) is 2.03. The minimum Gasteiger partial charge on any atom is -0.382 e. The number of hydrogen-bond acceptors (Lipinski definition) is 1. The molecule has 3 aliphatic carbocycles. The van der Waals surface area contributed by atoms with Crippen LogP contribution in [0.1, 0.15) is 44.6 Å². The molecule has 3 aliphatic rings. The van der Waals surface area contributed by atoms with Crippen LogP contribution in [0.5, 0.6) is 0 Å². The van der Waals surface area contributed by atoms with Crippen molar-refractivity contribution in [3.63, 3.8) is 0 Å². The van der Waals surface area contributed by atoms with Gasteiger partial charge in [0.2, 0.25) is 0 Å². The molecule has 0 spiro atoms. The summed E-state index contributed by atoms with van der Waals surface area (Å²) in [5, 5.41) is 3.91. The van der Waals surface area contributed by atoms with Gasteiger partial charge in [0.1, 0.15) is 0 Å². The number of benzene rings is 1. The van der Waals surface area contributed by atoms with E-state index in [1.807, 2.05) is 0 Å². The molecule has 0 heterocycles. The second kappa shape index (κ2) is 5.05. The van der Waals surface area contributed by atoms with Gasteiger partial charge in [0.05, 0.1) is 0 Å². The van der Waals surface area contributed by atoms with E-state index in [1.165, 1.54) is 47.8 Å². The lowest BCUT2D eigenvalue weighted by Crippen LogP contribution is -2.34. The van der Waals surface area contributed by atoms with Gasteiger partial charge in [-0.15, -0.1) is 0 Å². The molecule has 4 rings (SSSR count). The van der Waals surface area contributed by atoms with Crippen molar-refractivity contribution in [1.82, 2.24) is 0 Å². The first-order valence-electron chi connectivity index (χ1n) is 8.31. The summed E-state index contributed by atoms with van der Waals surface area (Å²) in [5.41, 5.74) is 2.83. The van der Waals surface area contributed by atoms with Gasteiger partial charge in [-0.25, -0.2) is 0 Å². The molecule has 5 atom stereocenters. The van der Waals surface area contributed by atoms with Gasteiger partial charge in [-0.2, -0.15) is 0 Å². The minimum atomic E-state index is 0.742. The van der Waals surface area contributed by atoms with E-state index in [0.29, 0.717) is 0 Å². The molecule has 20 heavy (non-hydrogen) atoms. The van der Waals surface area contributed by atoms with E-state index in [4.69, 9.17) is 0 Å². The second-order valence-electron chi connectivity index (χ2n) is 7.06. The highest BCUT2D eigenvalue weighted by molar-refractivity contribution is 9.10. The first-order valence-corrected chi connectivity index (χ1v) is 9.10. The lowest BCUT2D eigenvalue weighted by molar-refractivity contribution is 0.243. The van der Waals surface area contributed by atoms with Crippen LogP contribution in [0.3, 0.4) is 0 Å². The molecule has 3 fully saturated rings. The zero-order chi connectivity index (χ0) is 13.7. The van der Waals surface area contributed by atoms with E-state index in [9.17, 15) is 0 Å². The molecule has 2 bridgehead atoms. The van der Waals surface area contributed by atoms with Crippen LogP contribution in [0.4, 0.5) is 5.69 Å². The van der Waals surface area contributed by atoms with Crippen LogP contribution < -0.4 is 5.32 Å². The first-order chi connectivity index (χ1) is 9.76. The van der Waals surface area contributed by atoms with Crippen LogP contribution in [0.15, 0.2) is 22.7 Å². The fourth-order valence-corrected chi connectivity index (χ4v) is 5.84. The van der Waals surface area contributed by atoms with Gasteiger partial charge in [0.25, 0.3) is 0 Å². The molecule has 2 heteroatoms. The van der Waals surface area contributed by atoms with Crippen LogP contribution in [0, 0.1) is 23.7 Å². The number of anilines is 1. The second-order valence-corrected chi connectivity index (χ2v) is 7.98. The standard InChI is InChI=1S/C18H24BrN/c1-2-11-8-13(19)6-7-17(11)20-18-10-12-9-16(18)15-5-3-4-14(12)15/h6-8,12,14-16,18,20H,2-5,9-10H2,1H3. The average molecular weight is 334 g/mol. The Bertz CT molecular complexity index is 512. The molecule has 0 amide bonds. The predicted molar refractivity (Wildman–Crippen MR) is 88.0 cm³/mol. The maximum Gasteiger partial charge on any atom is 0.0375 e. The summed E-state index contributed by atoms with van der Waals surface area (Å²) < 4.78 is 1.20. The maximum absolute atomic E-state index is 3.91. The smallest absolute Gasteiger partial charge is 0.0375 e. The average Bonchev–Trinajstić information content (AvgIpc) is 3.12. The molecule has 1 N–H and O–H groups in total. The van der Waals surface area contributed by atoms with Gasteiger partial charge in [-0.1, -0.05) is 29.3 Å². The number of nitrogens with one attached hydrogen (secondary N) is 1. The fraction of sp³-hybridized carbons (Fsp3) is 0.667. The monoisotopic (exact) mass is 333 g/mol. The van der Waals surface area contributed by atoms with Crippen LogP contribution in [0.25, 0.3) is 0 Å². The van der Waals surface area contributed by atoms with Gasteiger partial charge in [0, 0.05) is 16.2 Å². The first kappa shape index (κ1) is 13.2. The summed E-state index contributed by atoms with van der Waals surface area (Å²) in [4.78, 5) is 0. The van der Waals surface area contributed by atoms with Crippen LogP contribution in [-0.2, 0) is 6.42 Å². The Labute approximate surface area is 130 Å². The highest BCUT2D eigenvalue weighted by Gasteiger charge is 2.53. The molecule has 0 radical (unpaired) electrons. The Morgan fingerprint density at radius 1 is 1.15 bits per heavy atom. The molecule has 5 unspecified atom stereocenters. The van der Waals surface area contributed by atoms with Crippen molar-refractivity contribution in [2.45, 2.75) is 51.5 Å². The molecule has 108 valence electrons. The Balaban J connectivity index is 1.53. The van der Waals surface area contributed by atoms with E-state index in [-0.39, 0.29) is 0 Å². The third-order valence-corrected chi connectivity index (χ3v) is 6.71. The van der Waals surface area contributed by atoms with Gasteiger partial charge >= 0.3 is 0 Å². The van der Waals surface area contributed by atoms with Crippen molar-refractivity contribution >= 4 is 21.6 Å². The normalized spacial score (nSPS) is 38.2. The summed E-state index contributed by atoms with van der Waals surface area (Å²) in [6, 6.07) is 7.45. The summed E-state index contributed by atoms with van der Waals surface area (Å²) in [7, 11) is 0. The molecule has 1 aromatic carbocycles. The summed E-state index contributed by atoms with van der Waals surface area (Å²) in [5.74, 6) is 4.13. The quantitative estimate of drug-likeness (QED) is 0.796. The summed E-state index contributed by atoms with van der Waals surface area (Å²) in [6.45, 7) is 2.25. The molecule has 1 nitrogen and oxygen atoms in total. The summed E-state index contributed by atoms with van der Waals surface area (Å²) in [6.07, 6.45) is 8.56. The van der Waals surface area contributed by atoms with E-state index in [2.05, 4.69) is 46.4 Å². The fourth-order valence-electron chi connectivity index (χ4n) is 5.43. The number of hydrogen-bond donors (Lipinski definition) is 1. The molecule has 3 saturated carbocycles. The number of rotatable bonds is 3. The van der Waals surface area contributed by atoms with Crippen LogP contribution in [0.2, 0.25) is 0 Å². The third-order valence-electron chi connectivity index (χ3n) is 6.22. The van der Waals surface area contributed by atoms with Gasteiger partial charge < -0.3 is 5.32 Å². The van der Waals surface area contributed by atoms with Crippen molar-refractivity contribution in [2.24, 2.45) is 23.7 Å². The van der Waals surface area contributed by atoms with Crippen molar-refractivity contribution in [3.8, 4) is 0 Å². The van der Waals surface area contributed by atoms with Gasteiger partial charge in [-0.3, -0.25) is 0 Å². The Morgan fingerprint density at radius 3 is 2.85 bits per heavy atom. The largest absolute Gasteiger partial charge is 0.382 e.